The molecule has 0 radical (unpaired) electrons. The molecular formula is C3H2ClF5O. The van der Waals surface area contributed by atoms with E-state index in [9.17, 15) is 22.0 Å². The lowest BCUT2D eigenvalue weighted by Gasteiger charge is -2.11. The van der Waals surface area contributed by atoms with Gasteiger partial charge >= 0.3 is 5.57 Å². The van der Waals surface area contributed by atoms with E-state index in [1.165, 1.54) is 0 Å². The second-order valence-electron chi connectivity index (χ2n) is 1.25. The van der Waals surface area contributed by atoms with Gasteiger partial charge in [0.2, 0.25) is 0 Å². The summed E-state index contributed by atoms with van der Waals surface area (Å²) in [6, 6.07) is 0. The van der Waals surface area contributed by atoms with E-state index in [0.717, 1.165) is 0 Å². The van der Waals surface area contributed by atoms with Crippen LogP contribution in [0.25, 0.3) is 0 Å². The SMILES string of the molecule is FC(F)C(F)OC(F)(F)Cl. The molecule has 0 fully saturated rings. The van der Waals surface area contributed by atoms with Gasteiger partial charge in [0, 0.05) is 0 Å². The van der Waals surface area contributed by atoms with Gasteiger partial charge in [0.15, 0.2) is 0 Å². The van der Waals surface area contributed by atoms with Crippen LogP contribution in [0.15, 0.2) is 0 Å². The number of hydrogen-bond donors (Lipinski definition) is 0. The van der Waals surface area contributed by atoms with Crippen molar-refractivity contribution < 1.29 is 26.7 Å². The van der Waals surface area contributed by atoms with Crippen LogP contribution >= 0.6 is 11.6 Å². The highest BCUT2D eigenvalue weighted by atomic mass is 35.5. The molecule has 0 aromatic carbocycles. The maximum Gasteiger partial charge on any atom is 0.443 e. The van der Waals surface area contributed by atoms with E-state index in [1.807, 2.05) is 0 Å². The first kappa shape index (κ1) is 9.90. The first-order valence-electron chi connectivity index (χ1n) is 1.99. The standard InChI is InChI=1S/C3H2ClF5O/c4-3(8,9)10-2(7)1(5)6/h1-2H. The quantitative estimate of drug-likeness (QED) is 0.483. The fourth-order valence-electron chi connectivity index (χ4n) is 0.179. The van der Waals surface area contributed by atoms with E-state index in [-0.39, 0.29) is 0 Å². The van der Waals surface area contributed by atoms with Gasteiger partial charge in [-0.25, -0.2) is 13.2 Å². The largest absolute Gasteiger partial charge is 0.443 e. The molecule has 0 aromatic rings. The Balaban J connectivity index is 3.68. The Hall–Kier alpha value is -0.100. The minimum Gasteiger partial charge on any atom is -0.266 e. The third kappa shape index (κ3) is 4.75. The molecular weight excluding hydrogens is 182 g/mol. The summed E-state index contributed by atoms with van der Waals surface area (Å²) in [5.74, 6) is 0. The molecule has 0 rings (SSSR count). The van der Waals surface area contributed by atoms with Crippen molar-refractivity contribution in [3.05, 3.63) is 0 Å². The summed E-state index contributed by atoms with van der Waals surface area (Å²) in [7, 11) is 0. The first-order chi connectivity index (χ1) is 4.33. The predicted octanol–water partition coefficient (Wildman–Crippen LogP) is 2.35. The highest BCUT2D eigenvalue weighted by Gasteiger charge is 2.35. The maximum atomic E-state index is 11.5. The van der Waals surface area contributed by atoms with Crippen LogP contribution < -0.4 is 0 Å². The molecule has 10 heavy (non-hydrogen) atoms. The smallest absolute Gasteiger partial charge is 0.266 e. The lowest BCUT2D eigenvalue weighted by Crippen LogP contribution is -2.24. The molecule has 0 saturated heterocycles. The van der Waals surface area contributed by atoms with E-state index < -0.39 is 18.4 Å². The van der Waals surface area contributed by atoms with Crippen LogP contribution in [0.1, 0.15) is 0 Å². The number of hydrogen-bond acceptors (Lipinski definition) is 1. The molecule has 0 bridgehead atoms. The molecule has 0 aliphatic heterocycles. The summed E-state index contributed by atoms with van der Waals surface area (Å²) in [6.45, 7) is 0. The van der Waals surface area contributed by atoms with Crippen molar-refractivity contribution in [1.29, 1.82) is 0 Å². The minimum absolute atomic E-state index is 2.71. The van der Waals surface area contributed by atoms with Gasteiger partial charge in [-0.3, -0.25) is 4.74 Å². The zero-order chi connectivity index (χ0) is 8.36. The molecule has 62 valence electrons. The van der Waals surface area contributed by atoms with E-state index in [1.54, 1.807) is 0 Å². The van der Waals surface area contributed by atoms with Crippen molar-refractivity contribution in [2.45, 2.75) is 18.4 Å². The third-order valence-corrected chi connectivity index (χ3v) is 0.533. The Bertz CT molecular complexity index is 102. The summed E-state index contributed by atoms with van der Waals surface area (Å²) >= 11 is 3.94. The monoisotopic (exact) mass is 184 g/mol. The van der Waals surface area contributed by atoms with Crippen LogP contribution in [0.2, 0.25) is 0 Å². The molecule has 0 spiro atoms. The molecule has 1 unspecified atom stereocenters. The molecule has 0 N–H and O–H groups in total. The average molecular weight is 184 g/mol. The first-order valence-corrected chi connectivity index (χ1v) is 2.37. The van der Waals surface area contributed by atoms with Gasteiger partial charge in [0.25, 0.3) is 12.8 Å². The van der Waals surface area contributed by atoms with E-state index in [4.69, 9.17) is 0 Å². The number of alkyl halides is 6. The summed E-state index contributed by atoms with van der Waals surface area (Å²) in [6.07, 6.45) is -6.97. The van der Waals surface area contributed by atoms with E-state index >= 15 is 0 Å². The van der Waals surface area contributed by atoms with Crippen LogP contribution in [-0.2, 0) is 4.74 Å². The lowest BCUT2D eigenvalue weighted by atomic mass is 10.7. The Morgan fingerprint density at radius 1 is 1.20 bits per heavy atom. The van der Waals surface area contributed by atoms with Gasteiger partial charge in [0.05, 0.1) is 0 Å². The third-order valence-electron chi connectivity index (χ3n) is 0.444. The highest BCUT2D eigenvalue weighted by Crippen LogP contribution is 2.24. The van der Waals surface area contributed by atoms with Crippen molar-refractivity contribution in [2.75, 3.05) is 0 Å². The van der Waals surface area contributed by atoms with Crippen molar-refractivity contribution in [1.82, 2.24) is 0 Å². The topological polar surface area (TPSA) is 9.23 Å². The second-order valence-corrected chi connectivity index (χ2v) is 1.69. The van der Waals surface area contributed by atoms with Crippen LogP contribution in [0.4, 0.5) is 22.0 Å². The number of rotatable bonds is 3. The lowest BCUT2D eigenvalue weighted by molar-refractivity contribution is -0.262. The van der Waals surface area contributed by atoms with Crippen LogP contribution in [0, 0.1) is 0 Å². The molecule has 0 aliphatic rings. The summed E-state index contributed by atoms with van der Waals surface area (Å²) < 4.78 is 58.9. The molecule has 1 nitrogen and oxygen atoms in total. The molecule has 0 aromatic heterocycles. The number of ether oxygens (including phenoxy) is 1. The normalized spacial score (nSPS) is 15.9. The molecule has 0 amide bonds. The van der Waals surface area contributed by atoms with Crippen LogP contribution in [-0.4, -0.2) is 18.4 Å². The number of halogens is 6. The molecule has 0 heterocycles. The van der Waals surface area contributed by atoms with Crippen molar-refractivity contribution in [3.8, 4) is 0 Å². The van der Waals surface area contributed by atoms with Gasteiger partial charge in [-0.2, -0.15) is 8.78 Å². The summed E-state index contributed by atoms with van der Waals surface area (Å²) in [4.78, 5) is 0. The Morgan fingerprint density at radius 2 is 1.60 bits per heavy atom. The zero-order valence-corrected chi connectivity index (χ0v) is 5.09. The van der Waals surface area contributed by atoms with Gasteiger partial charge in [-0.05, 0) is 11.6 Å². The maximum absolute atomic E-state index is 11.5. The fourth-order valence-corrected chi connectivity index (χ4v) is 0.264. The summed E-state index contributed by atoms with van der Waals surface area (Å²) in [5.41, 5.74) is -4.38. The van der Waals surface area contributed by atoms with Gasteiger partial charge < -0.3 is 0 Å². The molecule has 7 heteroatoms. The molecule has 0 aliphatic carbocycles. The predicted molar refractivity (Wildman–Crippen MR) is 22.8 cm³/mol. The second kappa shape index (κ2) is 3.34. The Labute approximate surface area is 57.7 Å². The van der Waals surface area contributed by atoms with E-state index in [0.29, 0.717) is 0 Å². The van der Waals surface area contributed by atoms with Crippen LogP contribution in [0.3, 0.4) is 0 Å². The zero-order valence-electron chi connectivity index (χ0n) is 4.33. The average Bonchev–Trinajstić information content (AvgIpc) is 1.60. The van der Waals surface area contributed by atoms with Gasteiger partial charge in [-0.1, -0.05) is 0 Å². The Kier molecular flexibility index (Phi) is 3.30. The molecule has 0 saturated carbocycles. The fraction of sp³-hybridized carbons (Fsp3) is 1.00. The van der Waals surface area contributed by atoms with Crippen molar-refractivity contribution >= 4 is 11.6 Å². The van der Waals surface area contributed by atoms with Crippen molar-refractivity contribution in [2.24, 2.45) is 0 Å². The Morgan fingerprint density at radius 3 is 1.70 bits per heavy atom. The highest BCUT2D eigenvalue weighted by molar-refractivity contribution is 6.20. The van der Waals surface area contributed by atoms with Gasteiger partial charge in [-0.15, -0.1) is 0 Å². The van der Waals surface area contributed by atoms with Crippen LogP contribution in [0.5, 0.6) is 0 Å². The minimum atomic E-state index is -4.38. The van der Waals surface area contributed by atoms with Gasteiger partial charge in [0.1, 0.15) is 0 Å². The molecule has 1 atom stereocenters. The van der Waals surface area contributed by atoms with E-state index in [2.05, 4.69) is 16.3 Å². The van der Waals surface area contributed by atoms with Crippen molar-refractivity contribution in [3.63, 3.8) is 0 Å². The summed E-state index contributed by atoms with van der Waals surface area (Å²) in [5, 5.41) is 0.